The van der Waals surface area contributed by atoms with E-state index in [9.17, 15) is 0 Å². The third-order valence-electron chi connectivity index (χ3n) is 7.32. The maximum atomic E-state index is 6.42. The van der Waals surface area contributed by atoms with Crippen molar-refractivity contribution in [1.82, 2.24) is 0 Å². The van der Waals surface area contributed by atoms with Crippen LogP contribution in [-0.2, 0) is 5.41 Å². The number of hydrogen-bond acceptors (Lipinski definition) is 2. The predicted molar refractivity (Wildman–Crippen MR) is 134 cm³/mol. The maximum Gasteiger partial charge on any atom is 0.151 e. The van der Waals surface area contributed by atoms with Crippen LogP contribution in [0.1, 0.15) is 36.1 Å². The van der Waals surface area contributed by atoms with Crippen molar-refractivity contribution < 1.29 is 4.74 Å². The zero-order valence-corrected chi connectivity index (χ0v) is 18.7. The minimum Gasteiger partial charge on any atom is -0.458 e. The Labute approximate surface area is 194 Å². The van der Waals surface area contributed by atoms with Crippen LogP contribution < -0.4 is 9.64 Å². The molecule has 4 aromatic rings. The Kier molecular flexibility index (Phi) is 3.64. The van der Waals surface area contributed by atoms with Gasteiger partial charge in [-0.2, -0.15) is 0 Å². The first-order valence-electron chi connectivity index (χ1n) is 11.5. The van der Waals surface area contributed by atoms with E-state index in [1.54, 1.807) is 0 Å². The Balaban J connectivity index is 1.70. The van der Waals surface area contributed by atoms with Crippen molar-refractivity contribution >= 4 is 11.4 Å². The number of benzene rings is 4. The molecule has 0 aromatic heterocycles. The molecule has 33 heavy (non-hydrogen) atoms. The molecule has 1 spiro atoms. The summed E-state index contributed by atoms with van der Waals surface area (Å²) >= 11 is 0. The SMILES string of the molecule is C/C=C\C1=C(C)Oc2cccc3c2N1c1ccccc1C31c2ccccc2-c2ccccc21. The van der Waals surface area contributed by atoms with Crippen LogP contribution in [0.4, 0.5) is 11.4 Å². The summed E-state index contributed by atoms with van der Waals surface area (Å²) in [6, 6.07) is 33.2. The molecule has 0 unspecified atom stereocenters. The molecular weight excluding hydrogens is 402 g/mol. The Hall–Kier alpha value is -4.04. The van der Waals surface area contributed by atoms with Crippen molar-refractivity contribution in [1.29, 1.82) is 0 Å². The Morgan fingerprint density at radius 1 is 0.697 bits per heavy atom. The highest BCUT2D eigenvalue weighted by molar-refractivity contribution is 5.96. The van der Waals surface area contributed by atoms with Gasteiger partial charge in [0.05, 0.1) is 22.5 Å². The molecule has 0 saturated carbocycles. The molecule has 1 aliphatic carbocycles. The van der Waals surface area contributed by atoms with E-state index in [0.717, 1.165) is 22.9 Å². The van der Waals surface area contributed by atoms with Gasteiger partial charge >= 0.3 is 0 Å². The molecule has 3 aliphatic rings. The van der Waals surface area contributed by atoms with Gasteiger partial charge in [0.25, 0.3) is 0 Å². The van der Waals surface area contributed by atoms with E-state index in [0.29, 0.717) is 0 Å². The second-order valence-corrected chi connectivity index (χ2v) is 8.89. The summed E-state index contributed by atoms with van der Waals surface area (Å²) in [4.78, 5) is 2.40. The second-order valence-electron chi connectivity index (χ2n) is 8.89. The number of hydrogen-bond donors (Lipinski definition) is 0. The topological polar surface area (TPSA) is 12.5 Å². The van der Waals surface area contributed by atoms with Crippen LogP contribution in [0.3, 0.4) is 0 Å². The van der Waals surface area contributed by atoms with Crippen molar-refractivity contribution in [3.8, 4) is 16.9 Å². The lowest BCUT2D eigenvalue weighted by atomic mass is 9.64. The number of fused-ring (bicyclic) bond motifs is 9. The summed E-state index contributed by atoms with van der Waals surface area (Å²) in [5.74, 6) is 1.82. The highest BCUT2D eigenvalue weighted by Crippen LogP contribution is 2.64. The average molecular weight is 426 g/mol. The summed E-state index contributed by atoms with van der Waals surface area (Å²) in [5, 5.41) is 0. The molecule has 4 aromatic carbocycles. The number of rotatable bonds is 1. The predicted octanol–water partition coefficient (Wildman–Crippen LogP) is 7.70. The molecule has 0 fully saturated rings. The van der Waals surface area contributed by atoms with Gasteiger partial charge in [0, 0.05) is 0 Å². The van der Waals surface area contributed by atoms with Crippen molar-refractivity contribution in [2.24, 2.45) is 0 Å². The highest BCUT2D eigenvalue weighted by Gasteiger charge is 2.53. The molecule has 2 nitrogen and oxygen atoms in total. The van der Waals surface area contributed by atoms with Gasteiger partial charge in [0.15, 0.2) is 5.75 Å². The Morgan fingerprint density at radius 3 is 2.00 bits per heavy atom. The van der Waals surface area contributed by atoms with E-state index in [2.05, 4.69) is 122 Å². The maximum absolute atomic E-state index is 6.42. The summed E-state index contributed by atoms with van der Waals surface area (Å²) in [6.07, 6.45) is 4.24. The molecule has 0 atom stereocenters. The van der Waals surface area contributed by atoms with Gasteiger partial charge in [-0.15, -0.1) is 0 Å². The van der Waals surface area contributed by atoms with Crippen LogP contribution in [0.15, 0.2) is 115 Å². The van der Waals surface area contributed by atoms with Crippen molar-refractivity contribution in [2.45, 2.75) is 19.3 Å². The zero-order chi connectivity index (χ0) is 22.2. The fourth-order valence-corrected chi connectivity index (χ4v) is 6.18. The first kappa shape index (κ1) is 18.5. The van der Waals surface area contributed by atoms with Gasteiger partial charge in [-0.1, -0.05) is 84.9 Å². The number of para-hydroxylation sites is 2. The van der Waals surface area contributed by atoms with E-state index >= 15 is 0 Å². The smallest absolute Gasteiger partial charge is 0.151 e. The van der Waals surface area contributed by atoms with E-state index in [4.69, 9.17) is 4.74 Å². The monoisotopic (exact) mass is 425 g/mol. The largest absolute Gasteiger partial charge is 0.458 e. The minimum atomic E-state index is -0.388. The molecular formula is C31H23NO. The van der Waals surface area contributed by atoms with Gasteiger partial charge in [-0.3, -0.25) is 0 Å². The number of nitrogens with zero attached hydrogens (tertiary/aromatic N) is 1. The van der Waals surface area contributed by atoms with E-state index in [1.165, 1.54) is 39.1 Å². The summed E-state index contributed by atoms with van der Waals surface area (Å²) < 4.78 is 6.42. The third-order valence-corrected chi connectivity index (χ3v) is 7.32. The summed E-state index contributed by atoms with van der Waals surface area (Å²) in [7, 11) is 0. The van der Waals surface area contributed by atoms with Crippen LogP contribution >= 0.6 is 0 Å². The highest BCUT2D eigenvalue weighted by atomic mass is 16.5. The zero-order valence-electron chi connectivity index (χ0n) is 18.7. The first-order valence-corrected chi connectivity index (χ1v) is 11.5. The van der Waals surface area contributed by atoms with Gasteiger partial charge in [-0.25, -0.2) is 0 Å². The summed E-state index contributed by atoms with van der Waals surface area (Å²) in [5.41, 5.74) is 10.9. The normalized spacial score (nSPS) is 16.4. The lowest BCUT2D eigenvalue weighted by Gasteiger charge is -2.47. The molecule has 0 N–H and O–H groups in total. The average Bonchev–Trinajstić information content (AvgIpc) is 3.15. The van der Waals surface area contributed by atoms with Crippen LogP contribution in [0.2, 0.25) is 0 Å². The molecule has 0 saturated heterocycles. The molecule has 7 rings (SSSR count). The van der Waals surface area contributed by atoms with Crippen LogP contribution in [0.5, 0.6) is 5.75 Å². The lowest BCUT2D eigenvalue weighted by Crippen LogP contribution is -2.39. The molecule has 2 heteroatoms. The van der Waals surface area contributed by atoms with Gasteiger partial charge in [0.2, 0.25) is 0 Å². The molecule has 0 bridgehead atoms. The number of ether oxygens (including phenoxy) is 1. The first-order chi connectivity index (χ1) is 16.3. The Morgan fingerprint density at radius 2 is 1.30 bits per heavy atom. The fourth-order valence-electron chi connectivity index (χ4n) is 6.18. The van der Waals surface area contributed by atoms with E-state index in [1.807, 2.05) is 0 Å². The number of anilines is 2. The lowest BCUT2D eigenvalue weighted by molar-refractivity contribution is 0.411. The van der Waals surface area contributed by atoms with Crippen molar-refractivity contribution in [3.63, 3.8) is 0 Å². The van der Waals surface area contributed by atoms with Crippen molar-refractivity contribution in [2.75, 3.05) is 4.90 Å². The van der Waals surface area contributed by atoms with Crippen LogP contribution in [-0.4, -0.2) is 0 Å². The van der Waals surface area contributed by atoms with Gasteiger partial charge in [-0.05, 0) is 65.4 Å². The van der Waals surface area contributed by atoms with Crippen LogP contribution in [0, 0.1) is 0 Å². The minimum absolute atomic E-state index is 0.388. The quantitative estimate of drug-likeness (QED) is 0.273. The number of allylic oxidation sites excluding steroid dienone is 3. The van der Waals surface area contributed by atoms with Crippen molar-refractivity contribution in [3.05, 3.63) is 137 Å². The fraction of sp³-hybridized carbons (Fsp3) is 0.0968. The van der Waals surface area contributed by atoms with E-state index in [-0.39, 0.29) is 5.41 Å². The second kappa shape index (κ2) is 6.49. The molecule has 2 aliphatic heterocycles. The van der Waals surface area contributed by atoms with Gasteiger partial charge in [0.1, 0.15) is 5.76 Å². The molecule has 2 heterocycles. The van der Waals surface area contributed by atoms with E-state index < -0.39 is 0 Å². The molecule has 0 radical (unpaired) electrons. The molecule has 158 valence electrons. The third kappa shape index (κ3) is 2.13. The van der Waals surface area contributed by atoms with Crippen LogP contribution in [0.25, 0.3) is 11.1 Å². The standard InChI is InChI=1S/C31H23NO/c1-3-11-27-20(2)33-29-19-10-17-26-30(29)32(27)28-18-9-8-16-25(28)31(26)23-14-6-4-12-21(23)22-13-5-7-15-24(22)31/h3-19H,1-2H3/b11-3-. The molecule has 0 amide bonds. The Bertz CT molecular complexity index is 1480. The van der Waals surface area contributed by atoms with Gasteiger partial charge < -0.3 is 9.64 Å². The summed E-state index contributed by atoms with van der Waals surface area (Å²) in [6.45, 7) is 4.11.